The molecule has 0 bridgehead atoms. The lowest BCUT2D eigenvalue weighted by Crippen LogP contribution is -2.54. The van der Waals surface area contributed by atoms with Crippen molar-refractivity contribution in [3.8, 4) is 16.9 Å². The number of anilines is 1. The summed E-state index contributed by atoms with van der Waals surface area (Å²) in [6.07, 6.45) is 7.63. The van der Waals surface area contributed by atoms with Crippen molar-refractivity contribution in [3.63, 3.8) is 0 Å². The molecule has 3 fully saturated rings. The Kier molecular flexibility index (Phi) is 8.63. The number of nitrogens with zero attached hydrogens (tertiary/aromatic N) is 4. The van der Waals surface area contributed by atoms with Crippen molar-refractivity contribution in [2.24, 2.45) is 5.92 Å². The number of hydrogen-bond donors (Lipinski definition) is 2. The number of H-pyrrole nitrogens is 1. The zero-order valence-corrected chi connectivity index (χ0v) is 25.8. The number of piperidine rings is 1. The van der Waals surface area contributed by atoms with E-state index in [1.807, 2.05) is 35.5 Å². The lowest BCUT2D eigenvalue weighted by Gasteiger charge is -2.37. The summed E-state index contributed by atoms with van der Waals surface area (Å²) in [4.78, 5) is 33.4. The van der Waals surface area contributed by atoms with Crippen LogP contribution in [0, 0.1) is 5.92 Å². The van der Waals surface area contributed by atoms with Crippen LogP contribution in [0.5, 0.6) is 5.75 Å². The average molecular weight is 605 g/mol. The first-order valence-corrected chi connectivity index (χ1v) is 15.8. The quantitative estimate of drug-likeness (QED) is 0.367. The summed E-state index contributed by atoms with van der Waals surface area (Å²) in [5.41, 5.74) is 3.19. The van der Waals surface area contributed by atoms with Gasteiger partial charge >= 0.3 is 0 Å². The van der Waals surface area contributed by atoms with Crippen LogP contribution in [0.4, 0.5) is 5.69 Å². The molecule has 228 valence electrons. The smallest absolute Gasteiger partial charge is 0.266 e. The molecule has 9 nitrogen and oxygen atoms in total. The largest absolute Gasteiger partial charge is 0.476 e. The summed E-state index contributed by atoms with van der Waals surface area (Å²) in [6, 6.07) is 14.5. The van der Waals surface area contributed by atoms with Gasteiger partial charge in [-0.25, -0.2) is 0 Å². The Morgan fingerprint density at radius 1 is 1.05 bits per heavy atom. The van der Waals surface area contributed by atoms with E-state index >= 15 is 0 Å². The highest BCUT2D eigenvalue weighted by Crippen LogP contribution is 2.36. The van der Waals surface area contributed by atoms with Crippen molar-refractivity contribution in [2.45, 2.75) is 57.7 Å². The minimum absolute atomic E-state index is 0.0459. The maximum absolute atomic E-state index is 13.9. The molecular formula is C33H41ClN6O3. The van der Waals surface area contributed by atoms with E-state index in [1.165, 1.54) is 0 Å². The Hall–Kier alpha value is -3.56. The van der Waals surface area contributed by atoms with Gasteiger partial charge in [-0.15, -0.1) is 0 Å². The summed E-state index contributed by atoms with van der Waals surface area (Å²) in [6.45, 7) is 8.61. The number of rotatable bonds is 9. The Bertz CT molecular complexity index is 1420. The Morgan fingerprint density at radius 3 is 2.51 bits per heavy atom. The van der Waals surface area contributed by atoms with E-state index in [4.69, 9.17) is 16.3 Å². The van der Waals surface area contributed by atoms with Crippen molar-refractivity contribution >= 4 is 29.1 Å². The number of benzene rings is 2. The van der Waals surface area contributed by atoms with Crippen LogP contribution in [0.2, 0.25) is 5.02 Å². The highest BCUT2D eigenvalue weighted by atomic mass is 35.5. The number of aromatic nitrogens is 2. The maximum atomic E-state index is 13.9. The number of carbonyl (C=O) groups excluding carboxylic acids is 2. The zero-order chi connectivity index (χ0) is 30.0. The van der Waals surface area contributed by atoms with Crippen molar-refractivity contribution in [1.29, 1.82) is 0 Å². The second kappa shape index (κ2) is 12.6. The molecule has 2 aromatic carbocycles. The molecule has 3 aromatic rings. The molecule has 2 aliphatic heterocycles. The Balaban J connectivity index is 1.12. The van der Waals surface area contributed by atoms with E-state index in [1.54, 1.807) is 13.8 Å². The summed E-state index contributed by atoms with van der Waals surface area (Å²) < 4.78 is 6.28. The van der Waals surface area contributed by atoms with Crippen LogP contribution in [-0.2, 0) is 16.1 Å². The SMILES string of the molecule is CC(C)(Oc1cc(N2CCC[C@@H](C(=O)N(Cc3ccc(-c4cn[nH]c4)cc3)C3CC3)C2)ccc1Cl)C(=O)N1CCNCC1. The van der Waals surface area contributed by atoms with Crippen LogP contribution < -0.4 is 15.0 Å². The molecule has 43 heavy (non-hydrogen) atoms. The van der Waals surface area contributed by atoms with Crippen LogP contribution in [0.3, 0.4) is 0 Å². The molecule has 1 aliphatic carbocycles. The summed E-state index contributed by atoms with van der Waals surface area (Å²) in [5.74, 6) is 0.597. The number of nitrogens with one attached hydrogen (secondary N) is 2. The van der Waals surface area contributed by atoms with Crippen molar-refractivity contribution in [1.82, 2.24) is 25.3 Å². The molecule has 2 saturated heterocycles. The van der Waals surface area contributed by atoms with Crippen LogP contribution in [0.25, 0.3) is 11.1 Å². The second-order valence-electron chi connectivity index (χ2n) is 12.4. The molecule has 2 amide bonds. The van der Waals surface area contributed by atoms with Gasteiger partial charge in [0.2, 0.25) is 5.91 Å². The monoisotopic (exact) mass is 604 g/mol. The minimum atomic E-state index is -1.05. The molecule has 0 spiro atoms. The van der Waals surface area contributed by atoms with Gasteiger partial charge in [0.15, 0.2) is 5.60 Å². The van der Waals surface area contributed by atoms with E-state index < -0.39 is 5.60 Å². The van der Waals surface area contributed by atoms with Gasteiger partial charge in [-0.1, -0.05) is 35.9 Å². The van der Waals surface area contributed by atoms with Crippen LogP contribution >= 0.6 is 11.6 Å². The van der Waals surface area contributed by atoms with E-state index in [0.717, 1.165) is 67.7 Å². The molecule has 1 atom stereocenters. The number of amides is 2. The third-order valence-electron chi connectivity index (χ3n) is 8.74. The summed E-state index contributed by atoms with van der Waals surface area (Å²) in [5, 5.41) is 10.6. The standard InChI is InChI=1S/C33H41ClN6O3/c1-33(2,32(42)38-16-13-35-14-17-38)43-30-18-28(11-12-29(30)34)39-15-3-4-25(22-39)31(41)40(27-9-10-27)21-23-5-7-24(8-6-23)26-19-36-37-20-26/h5-8,11-12,18-20,25,27,35H,3-4,9-10,13-17,21-22H2,1-2H3,(H,36,37)/t25-/m1/s1. The summed E-state index contributed by atoms with van der Waals surface area (Å²) in [7, 11) is 0. The van der Waals surface area contributed by atoms with Gasteiger partial charge in [0.05, 0.1) is 17.1 Å². The number of halogens is 1. The lowest BCUT2D eigenvalue weighted by molar-refractivity contribution is -0.146. The van der Waals surface area contributed by atoms with Gasteiger partial charge in [0.25, 0.3) is 5.91 Å². The molecule has 3 heterocycles. The molecule has 1 aromatic heterocycles. The minimum Gasteiger partial charge on any atom is -0.476 e. The second-order valence-corrected chi connectivity index (χ2v) is 12.8. The number of aromatic amines is 1. The van der Waals surface area contributed by atoms with Crippen LogP contribution in [0.15, 0.2) is 54.9 Å². The molecule has 1 saturated carbocycles. The third-order valence-corrected chi connectivity index (χ3v) is 9.06. The van der Waals surface area contributed by atoms with Crippen LogP contribution in [-0.4, -0.2) is 82.7 Å². The maximum Gasteiger partial charge on any atom is 0.266 e. The molecular weight excluding hydrogens is 564 g/mol. The van der Waals surface area contributed by atoms with Crippen LogP contribution in [0.1, 0.15) is 45.1 Å². The number of ether oxygens (including phenoxy) is 1. The average Bonchev–Trinajstić information content (AvgIpc) is 3.73. The van der Waals surface area contributed by atoms with E-state index in [0.29, 0.717) is 43.0 Å². The predicted molar refractivity (Wildman–Crippen MR) is 168 cm³/mol. The molecule has 10 heteroatoms. The fourth-order valence-electron chi connectivity index (χ4n) is 6.16. The topological polar surface area (TPSA) is 93.8 Å². The van der Waals surface area contributed by atoms with E-state index in [2.05, 4.69) is 49.6 Å². The highest BCUT2D eigenvalue weighted by molar-refractivity contribution is 6.32. The van der Waals surface area contributed by atoms with Gasteiger partial charge in [0.1, 0.15) is 5.75 Å². The Morgan fingerprint density at radius 2 is 1.81 bits per heavy atom. The predicted octanol–water partition coefficient (Wildman–Crippen LogP) is 4.73. The van der Waals surface area contributed by atoms with Gasteiger partial charge < -0.3 is 24.8 Å². The highest BCUT2D eigenvalue weighted by Gasteiger charge is 2.38. The first-order chi connectivity index (χ1) is 20.8. The fraction of sp³-hybridized carbons (Fsp3) is 0.485. The van der Waals surface area contributed by atoms with Crippen molar-refractivity contribution in [3.05, 3.63) is 65.4 Å². The van der Waals surface area contributed by atoms with E-state index in [9.17, 15) is 9.59 Å². The first kappa shape index (κ1) is 29.5. The van der Waals surface area contributed by atoms with Crippen molar-refractivity contribution < 1.29 is 14.3 Å². The number of carbonyl (C=O) groups is 2. The lowest BCUT2D eigenvalue weighted by atomic mass is 9.95. The third kappa shape index (κ3) is 6.83. The molecule has 0 unspecified atom stereocenters. The van der Waals surface area contributed by atoms with Gasteiger partial charge in [-0.2, -0.15) is 5.10 Å². The number of hydrogen-bond acceptors (Lipinski definition) is 6. The normalized spacial score (nSPS) is 19.3. The van der Waals surface area contributed by atoms with Crippen molar-refractivity contribution in [2.75, 3.05) is 44.2 Å². The fourth-order valence-corrected chi connectivity index (χ4v) is 6.32. The zero-order valence-electron chi connectivity index (χ0n) is 25.0. The molecule has 2 N–H and O–H groups in total. The molecule has 6 rings (SSSR count). The van der Waals surface area contributed by atoms with Gasteiger partial charge in [-0.3, -0.25) is 14.7 Å². The van der Waals surface area contributed by atoms with Gasteiger partial charge in [-0.05, 0) is 62.8 Å². The number of piperazine rings is 1. The Labute approximate surface area is 258 Å². The summed E-state index contributed by atoms with van der Waals surface area (Å²) >= 11 is 6.57. The van der Waals surface area contributed by atoms with Gasteiger partial charge in [0, 0.05) is 75.4 Å². The molecule has 0 radical (unpaired) electrons. The first-order valence-electron chi connectivity index (χ1n) is 15.4. The van der Waals surface area contributed by atoms with E-state index in [-0.39, 0.29) is 17.7 Å². The molecule has 3 aliphatic rings.